The van der Waals surface area contributed by atoms with Crippen LogP contribution in [-0.4, -0.2) is 16.0 Å². The minimum absolute atomic E-state index is 0.0127. The predicted molar refractivity (Wildman–Crippen MR) is 94.0 cm³/mol. The minimum Gasteiger partial charge on any atom is -0.459 e. The number of carbonyl (C=O) groups is 1. The van der Waals surface area contributed by atoms with Crippen LogP contribution in [0.5, 0.6) is 0 Å². The fourth-order valence-corrected chi connectivity index (χ4v) is 2.72. The van der Waals surface area contributed by atoms with Crippen molar-refractivity contribution in [3.63, 3.8) is 0 Å². The molecule has 2 heterocycles. The van der Waals surface area contributed by atoms with Crippen LogP contribution in [0.3, 0.4) is 0 Å². The molecule has 0 aliphatic rings. The normalized spacial score (nSPS) is 12.4. The molecule has 3 aromatic rings. The third kappa shape index (κ3) is 4.47. The van der Waals surface area contributed by atoms with Crippen molar-refractivity contribution in [1.29, 1.82) is 0 Å². The zero-order chi connectivity index (χ0) is 17.6. The first-order chi connectivity index (χ1) is 12.2. The number of carbonyl (C=O) groups excluding carboxylic acids is 1. The summed E-state index contributed by atoms with van der Waals surface area (Å²) in [6, 6.07) is 9.61. The second-order valence-corrected chi connectivity index (χ2v) is 6.18. The minimum atomic E-state index is -0.167. The smallest absolute Gasteiger partial charge is 0.226 e. The molecule has 0 aliphatic carbocycles. The molecule has 1 amide bonds. The van der Waals surface area contributed by atoms with Crippen molar-refractivity contribution in [1.82, 2.24) is 15.5 Å². The highest BCUT2D eigenvalue weighted by Gasteiger charge is 2.14. The molecule has 0 unspecified atom stereocenters. The standard InChI is InChI=1S/C19H23N3O3/c1-3-7-17-21-19(25-22-17)11-6-10-18(23)20-13(2)16-12-14-8-4-5-9-15(14)24-16/h4-5,8-9,12-13H,3,6-7,10-11H2,1-2H3,(H,20,23)/t13-/m1/s1. The van der Waals surface area contributed by atoms with Crippen LogP contribution in [-0.2, 0) is 17.6 Å². The summed E-state index contributed by atoms with van der Waals surface area (Å²) in [6.45, 7) is 3.99. The molecule has 0 saturated heterocycles. The Kier molecular flexibility index (Phi) is 5.48. The molecular formula is C19H23N3O3. The van der Waals surface area contributed by atoms with E-state index in [9.17, 15) is 4.79 Å². The maximum atomic E-state index is 12.1. The average molecular weight is 341 g/mol. The van der Waals surface area contributed by atoms with Crippen molar-refractivity contribution in [2.75, 3.05) is 0 Å². The zero-order valence-corrected chi connectivity index (χ0v) is 14.6. The van der Waals surface area contributed by atoms with E-state index >= 15 is 0 Å². The van der Waals surface area contributed by atoms with E-state index in [0.29, 0.717) is 25.2 Å². The fraction of sp³-hybridized carbons (Fsp3) is 0.421. The first-order valence-electron chi connectivity index (χ1n) is 8.75. The van der Waals surface area contributed by atoms with Crippen LogP contribution < -0.4 is 5.32 Å². The number of para-hydroxylation sites is 1. The van der Waals surface area contributed by atoms with Gasteiger partial charge in [-0.2, -0.15) is 4.98 Å². The zero-order valence-electron chi connectivity index (χ0n) is 14.6. The molecule has 0 aliphatic heterocycles. The topological polar surface area (TPSA) is 81.2 Å². The number of aromatic nitrogens is 2. The molecule has 2 aromatic heterocycles. The summed E-state index contributed by atoms with van der Waals surface area (Å²) in [5.41, 5.74) is 0.831. The Morgan fingerprint density at radius 3 is 2.92 bits per heavy atom. The summed E-state index contributed by atoms with van der Waals surface area (Å²) in [6.07, 6.45) is 3.51. The van der Waals surface area contributed by atoms with Gasteiger partial charge >= 0.3 is 0 Å². The molecule has 0 saturated carbocycles. The summed E-state index contributed by atoms with van der Waals surface area (Å²) < 4.78 is 11.0. The lowest BCUT2D eigenvalue weighted by atomic mass is 10.2. The molecular weight excluding hydrogens is 318 g/mol. The number of amides is 1. The summed E-state index contributed by atoms with van der Waals surface area (Å²) in [4.78, 5) is 16.4. The van der Waals surface area contributed by atoms with Gasteiger partial charge in [-0.15, -0.1) is 0 Å². The van der Waals surface area contributed by atoms with Gasteiger partial charge in [-0.05, 0) is 31.9 Å². The van der Waals surface area contributed by atoms with Gasteiger partial charge in [0.2, 0.25) is 11.8 Å². The molecule has 6 heteroatoms. The van der Waals surface area contributed by atoms with Crippen LogP contribution in [0.2, 0.25) is 0 Å². The molecule has 0 radical (unpaired) electrons. The highest BCUT2D eigenvalue weighted by atomic mass is 16.5. The average Bonchev–Trinajstić information content (AvgIpc) is 3.22. The molecule has 3 rings (SSSR count). The lowest BCUT2D eigenvalue weighted by Gasteiger charge is -2.10. The van der Waals surface area contributed by atoms with Crippen molar-refractivity contribution in [2.45, 2.75) is 52.0 Å². The summed E-state index contributed by atoms with van der Waals surface area (Å²) in [7, 11) is 0. The molecule has 132 valence electrons. The van der Waals surface area contributed by atoms with Crippen molar-refractivity contribution in [3.05, 3.63) is 47.8 Å². The number of nitrogens with zero attached hydrogens (tertiary/aromatic N) is 2. The van der Waals surface area contributed by atoms with Gasteiger partial charge in [0.15, 0.2) is 5.82 Å². The number of furan rings is 1. The Bertz CT molecular complexity index is 804. The van der Waals surface area contributed by atoms with Gasteiger partial charge in [0.25, 0.3) is 0 Å². The van der Waals surface area contributed by atoms with Crippen molar-refractivity contribution >= 4 is 16.9 Å². The van der Waals surface area contributed by atoms with Gasteiger partial charge in [0, 0.05) is 24.6 Å². The second kappa shape index (κ2) is 7.96. The van der Waals surface area contributed by atoms with Crippen molar-refractivity contribution < 1.29 is 13.7 Å². The highest BCUT2D eigenvalue weighted by Crippen LogP contribution is 2.23. The molecule has 25 heavy (non-hydrogen) atoms. The Balaban J connectivity index is 1.46. The van der Waals surface area contributed by atoms with E-state index < -0.39 is 0 Å². The molecule has 1 N–H and O–H groups in total. The molecule has 0 bridgehead atoms. The third-order valence-corrected chi connectivity index (χ3v) is 4.03. The van der Waals surface area contributed by atoms with Crippen molar-refractivity contribution in [3.8, 4) is 0 Å². The van der Waals surface area contributed by atoms with Crippen LogP contribution in [0, 0.1) is 0 Å². The second-order valence-electron chi connectivity index (χ2n) is 6.18. The SMILES string of the molecule is CCCc1noc(CCCC(=O)N[C@H](C)c2cc3ccccc3o2)n1. The van der Waals surface area contributed by atoms with Gasteiger partial charge < -0.3 is 14.3 Å². The maximum absolute atomic E-state index is 12.1. The number of aryl methyl sites for hydroxylation is 2. The Morgan fingerprint density at radius 1 is 1.28 bits per heavy atom. The Hall–Kier alpha value is -2.63. The Morgan fingerprint density at radius 2 is 2.12 bits per heavy atom. The van der Waals surface area contributed by atoms with Crippen molar-refractivity contribution in [2.24, 2.45) is 0 Å². The van der Waals surface area contributed by atoms with Crippen LogP contribution in [0.1, 0.15) is 56.6 Å². The number of hydrogen-bond donors (Lipinski definition) is 1. The lowest BCUT2D eigenvalue weighted by Crippen LogP contribution is -2.26. The number of nitrogens with one attached hydrogen (secondary N) is 1. The highest BCUT2D eigenvalue weighted by molar-refractivity contribution is 5.79. The first kappa shape index (κ1) is 17.2. The first-order valence-corrected chi connectivity index (χ1v) is 8.75. The van der Waals surface area contributed by atoms with Gasteiger partial charge in [-0.25, -0.2) is 0 Å². The van der Waals surface area contributed by atoms with E-state index in [1.165, 1.54) is 0 Å². The molecule has 0 spiro atoms. The van der Waals surface area contributed by atoms with Crippen LogP contribution in [0.25, 0.3) is 11.0 Å². The lowest BCUT2D eigenvalue weighted by molar-refractivity contribution is -0.121. The van der Waals surface area contributed by atoms with Crippen LogP contribution in [0.15, 0.2) is 39.3 Å². The molecule has 1 aromatic carbocycles. The number of rotatable bonds is 8. The molecule has 6 nitrogen and oxygen atoms in total. The van der Waals surface area contributed by atoms with Gasteiger partial charge in [-0.3, -0.25) is 4.79 Å². The van der Waals surface area contributed by atoms with E-state index in [4.69, 9.17) is 8.94 Å². The monoisotopic (exact) mass is 341 g/mol. The summed E-state index contributed by atoms with van der Waals surface area (Å²) in [5, 5.41) is 7.92. The van der Waals surface area contributed by atoms with E-state index in [2.05, 4.69) is 22.4 Å². The summed E-state index contributed by atoms with van der Waals surface area (Å²) in [5.74, 6) is 2.08. The van der Waals surface area contributed by atoms with Gasteiger partial charge in [0.1, 0.15) is 11.3 Å². The summed E-state index contributed by atoms with van der Waals surface area (Å²) >= 11 is 0. The van der Waals surface area contributed by atoms with E-state index in [-0.39, 0.29) is 11.9 Å². The third-order valence-electron chi connectivity index (χ3n) is 4.03. The predicted octanol–water partition coefficient (Wildman–Crippen LogP) is 3.97. The number of fused-ring (bicyclic) bond motifs is 1. The number of hydrogen-bond acceptors (Lipinski definition) is 5. The van der Waals surface area contributed by atoms with Crippen LogP contribution >= 0.6 is 0 Å². The molecule has 0 fully saturated rings. The van der Waals surface area contributed by atoms with E-state index in [0.717, 1.165) is 35.4 Å². The molecule has 1 atom stereocenters. The van der Waals surface area contributed by atoms with E-state index in [1.54, 1.807) is 0 Å². The number of benzene rings is 1. The van der Waals surface area contributed by atoms with Gasteiger partial charge in [0.05, 0.1) is 6.04 Å². The quantitative estimate of drug-likeness (QED) is 0.670. The fourth-order valence-electron chi connectivity index (χ4n) is 2.72. The Labute approximate surface area is 146 Å². The largest absolute Gasteiger partial charge is 0.459 e. The van der Waals surface area contributed by atoms with E-state index in [1.807, 2.05) is 37.3 Å². The van der Waals surface area contributed by atoms with Gasteiger partial charge in [-0.1, -0.05) is 30.3 Å². The van der Waals surface area contributed by atoms with Crippen LogP contribution in [0.4, 0.5) is 0 Å². The maximum Gasteiger partial charge on any atom is 0.226 e.